The van der Waals surface area contributed by atoms with E-state index in [0.29, 0.717) is 0 Å². The first-order chi connectivity index (χ1) is 25.4. The third kappa shape index (κ3) is 6.00. The Labute approximate surface area is 298 Å². The maximum atomic E-state index is 14.1. The van der Waals surface area contributed by atoms with E-state index in [0.717, 1.165) is 0 Å². The van der Waals surface area contributed by atoms with E-state index in [2.05, 4.69) is 0 Å². The Morgan fingerprint density at radius 2 is 0.300 bits per heavy atom. The van der Waals surface area contributed by atoms with Crippen molar-refractivity contribution >= 4 is 0 Å². The van der Waals surface area contributed by atoms with Crippen LogP contribution in [0.5, 0.6) is 0 Å². The molecule has 354 valence electrons. The number of halogens is 38. The summed E-state index contributed by atoms with van der Waals surface area (Å²) in [6.45, 7) is 0. The molecule has 0 heterocycles. The number of hydrogen-bond donors (Lipinski definition) is 0. The fraction of sp³-hybridized carbons (Fsp3) is 0.727. The van der Waals surface area contributed by atoms with Gasteiger partial charge in [0.25, 0.3) is 0 Å². The summed E-state index contributed by atoms with van der Waals surface area (Å²) in [4.78, 5) is 0. The Kier molecular flexibility index (Phi) is 12.3. The molecule has 0 N–H and O–H groups in total. The first kappa shape index (κ1) is 54.6. The predicted octanol–water partition coefficient (Wildman–Crippen LogP) is 12.9. The minimum atomic E-state index is -10.4. The average Bonchev–Trinajstić information content (AvgIpc) is 3.04. The van der Waals surface area contributed by atoms with Gasteiger partial charge >= 0.3 is 95.0 Å². The van der Waals surface area contributed by atoms with Gasteiger partial charge in [-0.3, -0.25) is 0 Å². The Balaban J connectivity index is 4.15. The van der Waals surface area contributed by atoms with Gasteiger partial charge in [0.05, 0.1) is 0 Å². The Morgan fingerprint density at radius 1 is 0.167 bits per heavy atom. The molecule has 1 aromatic carbocycles. The van der Waals surface area contributed by atoms with Crippen molar-refractivity contribution in [3.8, 4) is 0 Å². The molecule has 0 bridgehead atoms. The third-order valence-corrected chi connectivity index (χ3v) is 7.40. The SMILES string of the molecule is Fc1c(F)c(F)c(C(F)(F)C(F)(F)C(F)(F)C(F)(F)C(F)(F)C(F)(F)C(F)(F)C(F)(F)C(F)(F)C(F)(F)C(F)(F)C(F)(F)C(F)(F)C(F)(F)C(F)(F)C(F)(F)F)c(F)c1F. The highest BCUT2D eigenvalue weighted by Crippen LogP contribution is 2.70. The van der Waals surface area contributed by atoms with Gasteiger partial charge in [0.15, 0.2) is 23.3 Å². The van der Waals surface area contributed by atoms with Gasteiger partial charge in [0.1, 0.15) is 5.56 Å². The highest BCUT2D eigenvalue weighted by Gasteiger charge is 3.02. The van der Waals surface area contributed by atoms with Gasteiger partial charge in [0.2, 0.25) is 5.82 Å². The Morgan fingerprint density at radius 3 is 0.467 bits per heavy atom. The van der Waals surface area contributed by atoms with E-state index < -0.39 is 130 Å². The summed E-state index contributed by atoms with van der Waals surface area (Å²) in [7, 11) is 0. The zero-order valence-electron chi connectivity index (χ0n) is 25.4. The smallest absolute Gasteiger partial charge is 0.203 e. The van der Waals surface area contributed by atoms with Gasteiger partial charge in [-0.25, -0.2) is 22.0 Å². The maximum Gasteiger partial charge on any atom is 0.460 e. The van der Waals surface area contributed by atoms with Gasteiger partial charge in [-0.1, -0.05) is 0 Å². The minimum absolute atomic E-state index is 3.77. The monoisotopic (exact) mass is 986 g/mol. The van der Waals surface area contributed by atoms with Crippen LogP contribution in [0.25, 0.3) is 0 Å². The lowest BCUT2D eigenvalue weighted by molar-refractivity contribution is -0.491. The van der Waals surface area contributed by atoms with E-state index >= 15 is 0 Å². The van der Waals surface area contributed by atoms with Crippen molar-refractivity contribution in [2.45, 2.75) is 95.0 Å². The van der Waals surface area contributed by atoms with E-state index in [9.17, 15) is 167 Å². The zero-order chi connectivity index (χ0) is 49.5. The summed E-state index contributed by atoms with van der Waals surface area (Å²) in [5, 5.41) is 0. The quantitative estimate of drug-likeness (QED) is 0.0933. The van der Waals surface area contributed by atoms with Crippen LogP contribution in [-0.4, -0.2) is 89.1 Å². The third-order valence-electron chi connectivity index (χ3n) is 7.40. The summed E-state index contributed by atoms with van der Waals surface area (Å²) in [6.07, 6.45) is -8.47. The topological polar surface area (TPSA) is 0 Å². The van der Waals surface area contributed by atoms with Crippen molar-refractivity contribution in [1.82, 2.24) is 0 Å². The Bertz CT molecular complexity index is 1760. The summed E-state index contributed by atoms with van der Waals surface area (Å²) >= 11 is 0. The molecule has 1 rings (SSSR count). The molecule has 0 saturated heterocycles. The molecule has 0 aliphatic carbocycles. The fourth-order valence-corrected chi connectivity index (χ4v) is 3.78. The van der Waals surface area contributed by atoms with E-state index in [1.165, 1.54) is 0 Å². The first-order valence-corrected chi connectivity index (χ1v) is 12.7. The van der Waals surface area contributed by atoms with Crippen LogP contribution < -0.4 is 0 Å². The molecule has 1 aromatic rings. The zero-order valence-corrected chi connectivity index (χ0v) is 25.4. The van der Waals surface area contributed by atoms with Crippen LogP contribution in [0.15, 0.2) is 0 Å². The van der Waals surface area contributed by atoms with Crippen LogP contribution in [-0.2, 0) is 5.92 Å². The van der Waals surface area contributed by atoms with Crippen LogP contribution in [0.2, 0.25) is 0 Å². The van der Waals surface area contributed by atoms with Crippen LogP contribution in [0.4, 0.5) is 167 Å². The van der Waals surface area contributed by atoms with Gasteiger partial charge in [0, 0.05) is 0 Å². The van der Waals surface area contributed by atoms with Crippen LogP contribution in [0.3, 0.4) is 0 Å². The molecular weight excluding hydrogens is 986 g/mol. The summed E-state index contributed by atoms with van der Waals surface area (Å²) in [5.41, 5.74) is -4.88. The van der Waals surface area contributed by atoms with E-state index in [4.69, 9.17) is 0 Å². The first-order valence-electron chi connectivity index (χ1n) is 12.7. The van der Waals surface area contributed by atoms with Gasteiger partial charge in [-0.15, -0.1) is 0 Å². The lowest BCUT2D eigenvalue weighted by Crippen LogP contribution is -2.79. The summed E-state index contributed by atoms with van der Waals surface area (Å²) in [5.74, 6) is -169. The van der Waals surface area contributed by atoms with Crippen LogP contribution >= 0.6 is 0 Å². The van der Waals surface area contributed by atoms with Crippen LogP contribution in [0.1, 0.15) is 5.56 Å². The summed E-state index contributed by atoms with van der Waals surface area (Å²) in [6, 6.07) is 0. The van der Waals surface area contributed by atoms with Gasteiger partial charge in [-0.05, 0) is 0 Å². The molecule has 0 saturated carbocycles. The molecule has 0 atom stereocenters. The number of rotatable bonds is 15. The molecule has 0 aromatic heterocycles. The number of hydrogen-bond acceptors (Lipinski definition) is 0. The molecule has 0 nitrogen and oxygen atoms in total. The molecule has 0 spiro atoms. The molecule has 0 aliphatic rings. The number of benzene rings is 1. The minimum Gasteiger partial charge on any atom is -0.203 e. The molecule has 0 radical (unpaired) electrons. The Hall–Kier alpha value is -3.44. The van der Waals surface area contributed by atoms with Crippen molar-refractivity contribution in [2.75, 3.05) is 0 Å². The lowest BCUT2D eigenvalue weighted by Gasteiger charge is -2.47. The standard InChI is InChI=1S/C22F38/c23-2-1(3(24)5(26)6(27)4(2)25)7(28,29)8(30,31)9(32,33)10(34,35)11(36,37)12(38,39)13(40,41)14(42,43)15(44,45)16(46,47)17(48,49)18(50,51)19(52,53)20(54,55)21(56,57)22(58,59)60. The van der Waals surface area contributed by atoms with Gasteiger partial charge in [-0.2, -0.15) is 145 Å². The van der Waals surface area contributed by atoms with Crippen LogP contribution in [0, 0.1) is 29.1 Å². The largest absolute Gasteiger partial charge is 0.460 e. The molecule has 0 amide bonds. The van der Waals surface area contributed by atoms with E-state index in [1.807, 2.05) is 0 Å². The highest BCUT2D eigenvalue weighted by atomic mass is 19.4. The van der Waals surface area contributed by atoms with Crippen molar-refractivity contribution < 1.29 is 167 Å². The van der Waals surface area contributed by atoms with Crippen molar-refractivity contribution in [2.24, 2.45) is 0 Å². The normalized spacial score (nSPS) is 16.5. The average molecular weight is 986 g/mol. The second-order valence-corrected chi connectivity index (χ2v) is 11.1. The molecular formula is C22F38. The lowest BCUT2D eigenvalue weighted by atomic mass is 9.82. The van der Waals surface area contributed by atoms with Crippen molar-refractivity contribution in [3.63, 3.8) is 0 Å². The summed E-state index contributed by atoms with van der Waals surface area (Å²) < 4.78 is 517. The fourth-order valence-electron chi connectivity index (χ4n) is 3.78. The van der Waals surface area contributed by atoms with E-state index in [1.54, 1.807) is 0 Å². The predicted molar refractivity (Wildman–Crippen MR) is 105 cm³/mol. The maximum absolute atomic E-state index is 14.1. The highest BCUT2D eigenvalue weighted by molar-refractivity contribution is 5.32. The molecule has 0 aliphatic heterocycles. The molecule has 0 fully saturated rings. The van der Waals surface area contributed by atoms with Crippen molar-refractivity contribution in [3.05, 3.63) is 34.6 Å². The van der Waals surface area contributed by atoms with E-state index in [-0.39, 0.29) is 0 Å². The second-order valence-electron chi connectivity index (χ2n) is 11.1. The van der Waals surface area contributed by atoms with Gasteiger partial charge < -0.3 is 0 Å². The second kappa shape index (κ2) is 13.5. The molecule has 0 unspecified atom stereocenters. The molecule has 38 heteroatoms. The molecule has 60 heavy (non-hydrogen) atoms. The van der Waals surface area contributed by atoms with Crippen molar-refractivity contribution in [1.29, 1.82) is 0 Å². The number of alkyl halides is 33.